The van der Waals surface area contributed by atoms with Gasteiger partial charge in [0.25, 0.3) is 0 Å². The maximum Gasteiger partial charge on any atom is 0.401 e. The molecule has 0 spiro atoms. The summed E-state index contributed by atoms with van der Waals surface area (Å²) in [5, 5.41) is 0. The Bertz CT molecular complexity index is 923. The summed E-state index contributed by atoms with van der Waals surface area (Å²) < 4.78 is 64.7. The van der Waals surface area contributed by atoms with Crippen LogP contribution in [0.4, 0.5) is 12.8 Å². The molecule has 0 radical (unpaired) electrons. The van der Waals surface area contributed by atoms with Gasteiger partial charge in [-0.1, -0.05) is 16.0 Å². The minimum Gasteiger partial charge on any atom is -0.467 e. The van der Waals surface area contributed by atoms with E-state index < -0.39 is 50.0 Å². The number of carbonyl (C=O) groups is 1. The van der Waals surface area contributed by atoms with Gasteiger partial charge >= 0.3 is 16.4 Å². The summed E-state index contributed by atoms with van der Waals surface area (Å²) in [7, 11) is -4.46. The van der Waals surface area contributed by atoms with E-state index in [1.165, 1.54) is 14.0 Å². The number of nitrogens with zero attached hydrogens (tertiary/aromatic N) is 4. The van der Waals surface area contributed by atoms with E-state index >= 15 is 0 Å². The third-order valence-electron chi connectivity index (χ3n) is 2.99. The average Bonchev–Trinajstić information content (AvgIpc) is 2.54. The highest BCUT2D eigenvalue weighted by Crippen LogP contribution is 2.21. The smallest absolute Gasteiger partial charge is 0.401 e. The van der Waals surface area contributed by atoms with Crippen LogP contribution in [0.5, 0.6) is 6.01 Å². The number of methoxy groups -OCH3 is 1. The maximum atomic E-state index is 14.0. The van der Waals surface area contributed by atoms with Crippen molar-refractivity contribution in [1.82, 2.24) is 19.5 Å². The Labute approximate surface area is 140 Å². The van der Waals surface area contributed by atoms with E-state index in [1.54, 1.807) is 0 Å². The highest BCUT2D eigenvalue weighted by molar-refractivity contribution is 7.83. The Hall–Kier alpha value is -2.60. The van der Waals surface area contributed by atoms with Gasteiger partial charge in [-0.3, -0.25) is 4.79 Å². The van der Waals surface area contributed by atoms with Crippen LogP contribution in [0.15, 0.2) is 18.2 Å². The molecule has 0 saturated carbocycles. The predicted octanol–water partition coefficient (Wildman–Crippen LogP) is 1.46. The van der Waals surface area contributed by atoms with Gasteiger partial charge in [-0.25, -0.2) is 9.37 Å². The lowest BCUT2D eigenvalue weighted by atomic mass is 10.0. The molecule has 1 heterocycles. The second kappa shape index (κ2) is 7.11. The molecule has 0 fully saturated rings. The second-order valence-electron chi connectivity index (χ2n) is 4.68. The number of aryl methyl sites for hydroxylation is 1. The van der Waals surface area contributed by atoms with Crippen LogP contribution < -0.4 is 4.74 Å². The fourth-order valence-electron chi connectivity index (χ4n) is 1.90. The van der Waals surface area contributed by atoms with E-state index in [-0.39, 0.29) is 11.8 Å². The molecule has 0 aliphatic carbocycles. The van der Waals surface area contributed by atoms with Gasteiger partial charge in [0.2, 0.25) is 11.6 Å². The van der Waals surface area contributed by atoms with Gasteiger partial charge in [-0.15, -0.1) is 4.48 Å². The van der Waals surface area contributed by atoms with Gasteiger partial charge in [-0.05, 0) is 17.5 Å². The second-order valence-corrected chi connectivity index (χ2v) is 5.90. The number of hydrogen-bond acceptors (Lipinski definition) is 7. The van der Waals surface area contributed by atoms with E-state index in [1.807, 2.05) is 0 Å². The third-order valence-corrected chi connectivity index (χ3v) is 3.60. The summed E-state index contributed by atoms with van der Waals surface area (Å²) in [4.78, 5) is 23.8. The van der Waals surface area contributed by atoms with E-state index in [0.29, 0.717) is 0 Å². The molecule has 25 heavy (non-hydrogen) atoms. The summed E-state index contributed by atoms with van der Waals surface area (Å²) >= 11 is 0. The Morgan fingerprint density at radius 2 is 1.96 bits per heavy atom. The molecule has 0 unspecified atom stereocenters. The molecule has 2 rings (SSSR count). The van der Waals surface area contributed by atoms with Crippen LogP contribution >= 0.6 is 0 Å². The van der Waals surface area contributed by atoms with Gasteiger partial charge in [0, 0.05) is 11.1 Å². The summed E-state index contributed by atoms with van der Waals surface area (Å²) in [5.74, 6) is -2.34. The van der Waals surface area contributed by atoms with Crippen molar-refractivity contribution in [3.05, 3.63) is 46.8 Å². The number of benzene rings is 1. The minimum atomic E-state index is -5.71. The molecule has 8 nitrogen and oxygen atoms in total. The zero-order chi connectivity index (χ0) is 18.8. The lowest BCUT2D eigenvalue weighted by Gasteiger charge is -2.12. The summed E-state index contributed by atoms with van der Waals surface area (Å²) in [6, 6.07) is 2.94. The summed E-state index contributed by atoms with van der Waals surface area (Å²) in [5.41, 5.74) is -1.10. The number of rotatable bonds is 6. The molecule has 1 aromatic carbocycles. The van der Waals surface area contributed by atoms with Crippen molar-refractivity contribution in [2.24, 2.45) is 0 Å². The molecular formula is C13H11F3N4O4S. The standard InChI is InChI=1S/C13H11F3N4O4S/c1-7-17-12(19-13(18-7)24-2)11(21)8-4-3-5-10(14)9(8)6-20(15)25(16,22)23/h3-5H,6H2,1-2H3. The van der Waals surface area contributed by atoms with Crippen LogP contribution in [0.3, 0.4) is 0 Å². The molecule has 0 aliphatic rings. The van der Waals surface area contributed by atoms with Crippen molar-refractivity contribution < 1.29 is 30.7 Å². The number of halogens is 3. The SMILES string of the molecule is COc1nc(C)nc(C(=O)c2cccc(F)c2CN(F)S(=O)(=O)F)n1. The highest BCUT2D eigenvalue weighted by atomic mass is 32.3. The van der Waals surface area contributed by atoms with Gasteiger partial charge in [0.15, 0.2) is 0 Å². The molecule has 0 bridgehead atoms. The van der Waals surface area contributed by atoms with Crippen LogP contribution in [-0.2, 0) is 17.0 Å². The van der Waals surface area contributed by atoms with Crippen LogP contribution in [-0.4, -0.2) is 40.8 Å². The van der Waals surface area contributed by atoms with Crippen LogP contribution in [0, 0.1) is 12.7 Å². The number of carbonyl (C=O) groups excluding carboxylic acids is 1. The normalized spacial score (nSPS) is 11.6. The first kappa shape index (κ1) is 18.7. The van der Waals surface area contributed by atoms with Crippen molar-refractivity contribution in [2.75, 3.05) is 7.11 Å². The number of ether oxygens (including phenoxy) is 1. The van der Waals surface area contributed by atoms with Gasteiger partial charge in [0.05, 0.1) is 13.7 Å². The van der Waals surface area contributed by atoms with Crippen molar-refractivity contribution >= 4 is 16.2 Å². The fraction of sp³-hybridized carbons (Fsp3) is 0.231. The lowest BCUT2D eigenvalue weighted by molar-refractivity contribution is 0.101. The molecule has 134 valence electrons. The van der Waals surface area contributed by atoms with Gasteiger partial charge < -0.3 is 4.74 Å². The predicted molar refractivity (Wildman–Crippen MR) is 77.6 cm³/mol. The van der Waals surface area contributed by atoms with E-state index in [0.717, 1.165) is 18.2 Å². The zero-order valence-corrected chi connectivity index (χ0v) is 13.7. The molecular weight excluding hydrogens is 365 g/mol. The first-order chi connectivity index (χ1) is 11.6. The molecule has 0 amide bonds. The van der Waals surface area contributed by atoms with E-state index in [2.05, 4.69) is 15.0 Å². The Morgan fingerprint density at radius 1 is 1.28 bits per heavy atom. The van der Waals surface area contributed by atoms with E-state index in [9.17, 15) is 26.0 Å². The lowest BCUT2D eigenvalue weighted by Crippen LogP contribution is -2.21. The minimum absolute atomic E-state index is 0.131. The topological polar surface area (TPSA) is 102 Å². The average molecular weight is 376 g/mol. The molecule has 0 N–H and O–H groups in total. The molecule has 0 saturated heterocycles. The largest absolute Gasteiger partial charge is 0.467 e. The van der Waals surface area contributed by atoms with Crippen LogP contribution in [0.2, 0.25) is 0 Å². The van der Waals surface area contributed by atoms with Gasteiger partial charge in [0.1, 0.15) is 11.6 Å². The number of aromatic nitrogens is 3. The molecule has 2 aromatic rings. The summed E-state index contributed by atoms with van der Waals surface area (Å²) in [6.07, 6.45) is 0. The van der Waals surface area contributed by atoms with E-state index in [4.69, 9.17) is 4.74 Å². The first-order valence-electron chi connectivity index (χ1n) is 6.60. The van der Waals surface area contributed by atoms with Crippen molar-refractivity contribution in [3.8, 4) is 6.01 Å². The Kier molecular flexibility index (Phi) is 5.33. The van der Waals surface area contributed by atoms with Crippen molar-refractivity contribution in [2.45, 2.75) is 13.5 Å². The molecule has 1 aromatic heterocycles. The maximum absolute atomic E-state index is 14.0. The monoisotopic (exact) mass is 376 g/mol. The quantitative estimate of drug-likeness (QED) is 0.427. The molecule has 12 heteroatoms. The van der Waals surface area contributed by atoms with Crippen molar-refractivity contribution in [1.29, 1.82) is 0 Å². The fourth-order valence-corrected chi connectivity index (χ4v) is 2.19. The summed E-state index contributed by atoms with van der Waals surface area (Å²) in [6.45, 7) is 0.111. The Balaban J connectivity index is 2.51. The highest BCUT2D eigenvalue weighted by Gasteiger charge is 2.27. The zero-order valence-electron chi connectivity index (χ0n) is 12.9. The molecule has 0 aliphatic heterocycles. The number of hydrogen-bond donors (Lipinski definition) is 0. The number of ketones is 1. The van der Waals surface area contributed by atoms with Crippen molar-refractivity contribution in [3.63, 3.8) is 0 Å². The van der Waals surface area contributed by atoms with Gasteiger partial charge in [-0.2, -0.15) is 18.4 Å². The molecule has 0 atom stereocenters. The third kappa shape index (κ3) is 4.28. The van der Waals surface area contributed by atoms with Crippen LogP contribution in [0.1, 0.15) is 27.6 Å². The van der Waals surface area contributed by atoms with Crippen LogP contribution in [0.25, 0.3) is 0 Å². The first-order valence-corrected chi connectivity index (χ1v) is 7.94. The Morgan fingerprint density at radius 3 is 2.56 bits per heavy atom.